The number of rotatable bonds is 7. The second kappa shape index (κ2) is 7.90. The van der Waals surface area contributed by atoms with E-state index in [1.807, 2.05) is 0 Å². The summed E-state index contributed by atoms with van der Waals surface area (Å²) in [6, 6.07) is 0. The van der Waals surface area contributed by atoms with E-state index in [4.69, 9.17) is 19.7 Å². The molecule has 1 fully saturated rings. The van der Waals surface area contributed by atoms with Crippen LogP contribution in [0.4, 0.5) is 0 Å². The predicted molar refractivity (Wildman–Crippen MR) is 59.3 cm³/mol. The van der Waals surface area contributed by atoms with E-state index in [0.29, 0.717) is 0 Å². The smallest absolute Gasteiger partial charge is 0.187 e. The Bertz CT molecular complexity index is 358. The Labute approximate surface area is 119 Å². The van der Waals surface area contributed by atoms with Crippen LogP contribution in [0.3, 0.4) is 0 Å². The fourth-order valence-electron chi connectivity index (χ4n) is 1.68. The molecule has 5 N–H and O–H groups in total. The van der Waals surface area contributed by atoms with Gasteiger partial charge in [0.15, 0.2) is 6.29 Å². The number of phosphoric ester groups is 1. The van der Waals surface area contributed by atoms with Gasteiger partial charge in [-0.25, -0.2) is 0 Å². The van der Waals surface area contributed by atoms with Gasteiger partial charge in [-0.2, -0.15) is 0 Å². The maximum absolute atomic E-state index is 10.3. The molecule has 1 rings (SSSR count). The van der Waals surface area contributed by atoms with Crippen LogP contribution < -0.4 is 9.79 Å². The monoisotopic (exact) mass is 332 g/mol. The average Bonchev–Trinajstić information content (AvgIpc) is 2.42. The Morgan fingerprint density at radius 3 is 2.24 bits per heavy atom. The molecular weight excluding hydrogens is 315 g/mol. The first kappa shape index (κ1) is 18.9. The standard InChI is InChI=1S/C9H19O11P/c10-1-4(3-18-21(15,16)17)19-9-8(14)7(13)6(12)5(2-11)20-9/h4-14H,1-3H2,(H2,15,16,17)/p-2/t4-,5-,6-,7+,8-,9-/m1/s1. The fourth-order valence-corrected chi connectivity index (χ4v) is 2.03. The average molecular weight is 332 g/mol. The predicted octanol–water partition coefficient (Wildman–Crippen LogP) is -4.99. The highest BCUT2D eigenvalue weighted by atomic mass is 31.2. The molecule has 1 aliphatic heterocycles. The van der Waals surface area contributed by atoms with Crippen molar-refractivity contribution in [3.05, 3.63) is 0 Å². The summed E-state index contributed by atoms with van der Waals surface area (Å²) in [6.45, 7) is -2.27. The van der Waals surface area contributed by atoms with Crippen molar-refractivity contribution >= 4 is 7.82 Å². The fraction of sp³-hybridized carbons (Fsp3) is 1.00. The third-order valence-corrected chi connectivity index (χ3v) is 3.26. The molecule has 11 nitrogen and oxygen atoms in total. The molecule has 0 bridgehead atoms. The van der Waals surface area contributed by atoms with E-state index in [2.05, 4.69) is 4.52 Å². The van der Waals surface area contributed by atoms with Gasteiger partial charge in [0, 0.05) is 0 Å². The Kier molecular flexibility index (Phi) is 7.10. The van der Waals surface area contributed by atoms with E-state index in [0.717, 1.165) is 0 Å². The SMILES string of the molecule is O=P([O-])([O-])OC[C@@H](CO)O[C@@H]1O[C@H](CO)[C@@H](O)[C@H](O)[C@H]1O. The maximum Gasteiger partial charge on any atom is 0.187 e. The van der Waals surface area contributed by atoms with Crippen molar-refractivity contribution in [1.82, 2.24) is 0 Å². The van der Waals surface area contributed by atoms with Crippen molar-refractivity contribution in [3.63, 3.8) is 0 Å². The zero-order chi connectivity index (χ0) is 16.2. The topological polar surface area (TPSA) is 192 Å². The molecule has 1 heterocycles. The minimum Gasteiger partial charge on any atom is -0.790 e. The Morgan fingerprint density at radius 2 is 1.76 bits per heavy atom. The van der Waals surface area contributed by atoms with Crippen molar-refractivity contribution in [1.29, 1.82) is 0 Å². The summed E-state index contributed by atoms with van der Waals surface area (Å²) in [4.78, 5) is 20.7. The number of ether oxygens (including phenoxy) is 2. The zero-order valence-corrected chi connectivity index (χ0v) is 11.6. The highest BCUT2D eigenvalue weighted by molar-refractivity contribution is 7.43. The number of phosphoric acid groups is 1. The van der Waals surface area contributed by atoms with Gasteiger partial charge in [0.05, 0.1) is 27.6 Å². The van der Waals surface area contributed by atoms with Crippen LogP contribution in [0.15, 0.2) is 0 Å². The second-order valence-electron chi connectivity index (χ2n) is 4.38. The van der Waals surface area contributed by atoms with E-state index in [9.17, 15) is 29.7 Å². The van der Waals surface area contributed by atoms with Crippen LogP contribution in [0.2, 0.25) is 0 Å². The van der Waals surface area contributed by atoms with Gasteiger partial charge < -0.3 is 53.9 Å². The summed E-state index contributed by atoms with van der Waals surface area (Å²) in [6.07, 6.45) is -9.13. The quantitative estimate of drug-likeness (QED) is 0.280. The Hall–Kier alpha value is -0.170. The van der Waals surface area contributed by atoms with Gasteiger partial charge in [-0.1, -0.05) is 0 Å². The van der Waals surface area contributed by atoms with E-state index >= 15 is 0 Å². The van der Waals surface area contributed by atoms with Crippen molar-refractivity contribution in [2.45, 2.75) is 36.8 Å². The molecule has 21 heavy (non-hydrogen) atoms. The number of aliphatic hydroxyl groups excluding tert-OH is 5. The van der Waals surface area contributed by atoms with Gasteiger partial charge in [0.25, 0.3) is 0 Å². The first-order valence-corrected chi connectivity index (χ1v) is 7.39. The molecule has 0 aromatic carbocycles. The first-order chi connectivity index (χ1) is 9.69. The highest BCUT2D eigenvalue weighted by Crippen LogP contribution is 2.26. The van der Waals surface area contributed by atoms with Crippen molar-refractivity contribution in [2.24, 2.45) is 0 Å². The van der Waals surface area contributed by atoms with E-state index in [1.54, 1.807) is 0 Å². The minimum absolute atomic E-state index is 0.679. The molecule has 0 radical (unpaired) electrons. The van der Waals surface area contributed by atoms with Gasteiger partial charge in [-0.05, 0) is 0 Å². The minimum atomic E-state index is -5.27. The van der Waals surface area contributed by atoms with Gasteiger partial charge >= 0.3 is 0 Å². The van der Waals surface area contributed by atoms with Gasteiger partial charge in [-0.15, -0.1) is 0 Å². The summed E-state index contributed by atoms with van der Waals surface area (Å²) in [5.41, 5.74) is 0. The molecule has 126 valence electrons. The molecule has 1 saturated heterocycles. The summed E-state index contributed by atoms with van der Waals surface area (Å²) in [7, 11) is -5.27. The third-order valence-electron chi connectivity index (χ3n) is 2.80. The molecule has 0 aromatic rings. The molecular formula is C9H17O11P-2. The van der Waals surface area contributed by atoms with Gasteiger partial charge in [0.1, 0.15) is 30.5 Å². The van der Waals surface area contributed by atoms with Crippen LogP contribution in [-0.2, 0) is 18.6 Å². The van der Waals surface area contributed by atoms with Crippen molar-refractivity contribution in [2.75, 3.05) is 19.8 Å². The summed E-state index contributed by atoms with van der Waals surface area (Å²) < 4.78 is 24.2. The molecule has 1 aliphatic rings. The van der Waals surface area contributed by atoms with Crippen LogP contribution in [0, 0.1) is 0 Å². The lowest BCUT2D eigenvalue weighted by molar-refractivity contribution is -0.346. The van der Waals surface area contributed by atoms with Crippen LogP contribution in [-0.4, -0.2) is 82.2 Å². The second-order valence-corrected chi connectivity index (χ2v) is 5.53. The lowest BCUT2D eigenvalue weighted by atomic mass is 9.99. The van der Waals surface area contributed by atoms with Crippen LogP contribution >= 0.6 is 7.82 Å². The molecule has 0 unspecified atom stereocenters. The molecule has 12 heteroatoms. The first-order valence-electron chi connectivity index (χ1n) is 5.93. The molecule has 0 amide bonds. The lowest BCUT2D eigenvalue weighted by Crippen LogP contribution is -2.60. The maximum atomic E-state index is 10.3. The van der Waals surface area contributed by atoms with Crippen molar-refractivity contribution < 1.29 is 53.9 Å². The van der Waals surface area contributed by atoms with Crippen LogP contribution in [0.25, 0.3) is 0 Å². The number of hydrogen-bond acceptors (Lipinski definition) is 11. The molecule has 6 atom stereocenters. The summed E-state index contributed by atoms with van der Waals surface area (Å²) >= 11 is 0. The molecule has 0 spiro atoms. The largest absolute Gasteiger partial charge is 0.790 e. The lowest BCUT2D eigenvalue weighted by Gasteiger charge is -2.41. The van der Waals surface area contributed by atoms with Gasteiger partial charge in [-0.3, -0.25) is 0 Å². The van der Waals surface area contributed by atoms with E-state index in [1.165, 1.54) is 0 Å². The van der Waals surface area contributed by atoms with Crippen LogP contribution in [0.5, 0.6) is 0 Å². The summed E-state index contributed by atoms with van der Waals surface area (Å²) in [5, 5.41) is 46.6. The third kappa shape index (κ3) is 5.51. The van der Waals surface area contributed by atoms with E-state index < -0.39 is 64.5 Å². The molecule has 0 aromatic heterocycles. The highest BCUT2D eigenvalue weighted by Gasteiger charge is 2.44. The zero-order valence-electron chi connectivity index (χ0n) is 10.7. The van der Waals surface area contributed by atoms with Crippen LogP contribution in [0.1, 0.15) is 0 Å². The van der Waals surface area contributed by atoms with E-state index in [-0.39, 0.29) is 0 Å². The summed E-state index contributed by atoms with van der Waals surface area (Å²) in [5.74, 6) is 0. The van der Waals surface area contributed by atoms with Gasteiger partial charge in [0.2, 0.25) is 0 Å². The Morgan fingerprint density at radius 1 is 1.14 bits per heavy atom. The Balaban J connectivity index is 2.63. The normalized spacial score (nSPS) is 35.7. The number of hydrogen-bond donors (Lipinski definition) is 5. The molecule has 0 aliphatic carbocycles. The van der Waals surface area contributed by atoms with Crippen molar-refractivity contribution in [3.8, 4) is 0 Å². The molecule has 0 saturated carbocycles. The number of aliphatic hydroxyl groups is 5.